The Labute approximate surface area is 175 Å². The zero-order valence-corrected chi connectivity index (χ0v) is 16.9. The Morgan fingerprint density at radius 2 is 1.86 bits per heavy atom. The summed E-state index contributed by atoms with van der Waals surface area (Å²) < 4.78 is 1.58. The molecule has 0 aliphatic rings. The van der Waals surface area contributed by atoms with E-state index in [0.717, 1.165) is 11.1 Å². The van der Waals surface area contributed by atoms with Gasteiger partial charge in [0.25, 0.3) is 5.56 Å². The number of rotatable bonds is 6. The highest BCUT2D eigenvalue weighted by Gasteiger charge is 2.14. The lowest BCUT2D eigenvalue weighted by molar-refractivity contribution is -0.120. The molecule has 2 aromatic carbocycles. The number of hydrogen-bond acceptors (Lipinski definition) is 5. The minimum Gasteiger partial charge on any atom is -0.352 e. The van der Waals surface area contributed by atoms with Gasteiger partial charge < -0.3 is 5.32 Å². The molecule has 0 aliphatic carbocycles. The predicted octanol–water partition coefficient (Wildman–Crippen LogP) is 3.25. The summed E-state index contributed by atoms with van der Waals surface area (Å²) in [5, 5.41) is 9.75. The van der Waals surface area contributed by atoms with E-state index in [1.807, 2.05) is 48.5 Å². The highest BCUT2D eigenvalue weighted by Crippen LogP contribution is 2.16. The lowest BCUT2D eigenvalue weighted by atomic mass is 10.1. The molecule has 0 unspecified atom stereocenters. The second-order valence-electron chi connectivity index (χ2n) is 6.49. The molecule has 0 aliphatic heterocycles. The minimum atomic E-state index is -0.342. The number of carbonyl (C=O) groups excluding carboxylic acids is 1. The Balaban J connectivity index is 1.51. The Hall–Kier alpha value is -3.03. The van der Waals surface area contributed by atoms with E-state index in [1.165, 1.54) is 11.3 Å². The van der Waals surface area contributed by atoms with E-state index >= 15 is 0 Å². The summed E-state index contributed by atoms with van der Waals surface area (Å²) in [7, 11) is 0. The normalized spacial score (nSPS) is 10.9. The van der Waals surface area contributed by atoms with E-state index < -0.39 is 0 Å². The van der Waals surface area contributed by atoms with Crippen LogP contribution in [0.3, 0.4) is 0 Å². The first-order valence-corrected chi connectivity index (χ1v) is 10.3. The molecule has 0 spiro atoms. The fraction of sp³-hybridized carbons (Fsp3) is 0.143. The van der Waals surface area contributed by atoms with Crippen LogP contribution in [-0.2, 0) is 24.2 Å². The molecule has 0 fully saturated rings. The molecule has 2 aromatic heterocycles. The fourth-order valence-electron chi connectivity index (χ4n) is 2.92. The van der Waals surface area contributed by atoms with E-state index in [9.17, 15) is 9.59 Å². The molecule has 0 atom stereocenters. The minimum absolute atomic E-state index is 0.132. The molecule has 0 saturated heterocycles. The number of benzene rings is 2. The quantitative estimate of drug-likeness (QED) is 0.515. The molecule has 8 heteroatoms. The van der Waals surface area contributed by atoms with Crippen molar-refractivity contribution in [2.24, 2.45) is 0 Å². The third-order valence-corrected chi connectivity index (χ3v) is 5.64. The van der Waals surface area contributed by atoms with E-state index in [0.29, 0.717) is 34.3 Å². The van der Waals surface area contributed by atoms with Crippen molar-refractivity contribution in [3.8, 4) is 0 Å². The smallest absolute Gasteiger partial charge is 0.296 e. The molecular formula is C21H17ClN4O2S. The number of fused-ring (bicyclic) bond motifs is 1. The second-order valence-corrected chi connectivity index (χ2v) is 7.74. The van der Waals surface area contributed by atoms with Crippen molar-refractivity contribution < 1.29 is 4.79 Å². The standard InChI is InChI=1S/C21H17ClN4O2S/c22-17-9-5-4-8-15(17)12-23-19(27)11-16-13-29-21-24-20(28)18(25-26(16)21)10-14-6-2-1-3-7-14/h1-9,13H,10-12H2,(H,23,27). The van der Waals surface area contributed by atoms with Gasteiger partial charge in [-0.3, -0.25) is 9.59 Å². The monoisotopic (exact) mass is 424 g/mol. The van der Waals surface area contributed by atoms with Gasteiger partial charge in [-0.25, -0.2) is 4.52 Å². The highest BCUT2D eigenvalue weighted by molar-refractivity contribution is 7.15. The summed E-state index contributed by atoms with van der Waals surface area (Å²) in [6.07, 6.45) is 0.524. The molecular weight excluding hydrogens is 408 g/mol. The van der Waals surface area contributed by atoms with Crippen LogP contribution in [0.5, 0.6) is 0 Å². The first kappa shape index (κ1) is 19.3. The van der Waals surface area contributed by atoms with Crippen molar-refractivity contribution >= 4 is 33.8 Å². The van der Waals surface area contributed by atoms with Crippen LogP contribution in [0.1, 0.15) is 22.5 Å². The van der Waals surface area contributed by atoms with Gasteiger partial charge in [-0.1, -0.05) is 60.1 Å². The van der Waals surface area contributed by atoms with Crippen LogP contribution >= 0.6 is 22.9 Å². The zero-order chi connectivity index (χ0) is 20.2. The Morgan fingerprint density at radius 1 is 1.10 bits per heavy atom. The van der Waals surface area contributed by atoms with Gasteiger partial charge in [0.2, 0.25) is 10.9 Å². The third kappa shape index (κ3) is 4.52. The zero-order valence-electron chi connectivity index (χ0n) is 15.3. The van der Waals surface area contributed by atoms with Crippen LogP contribution in [0, 0.1) is 0 Å². The van der Waals surface area contributed by atoms with Gasteiger partial charge in [0.05, 0.1) is 12.1 Å². The van der Waals surface area contributed by atoms with Gasteiger partial charge in [0, 0.05) is 23.4 Å². The van der Waals surface area contributed by atoms with Gasteiger partial charge >= 0.3 is 0 Å². The number of halogens is 1. The number of hydrogen-bond donors (Lipinski definition) is 1. The largest absolute Gasteiger partial charge is 0.352 e. The molecule has 0 bridgehead atoms. The molecule has 1 N–H and O–H groups in total. The first-order valence-electron chi connectivity index (χ1n) is 9.00. The van der Waals surface area contributed by atoms with Crippen molar-refractivity contribution in [3.05, 3.63) is 97.9 Å². The Morgan fingerprint density at radius 3 is 2.66 bits per heavy atom. The average Bonchev–Trinajstić information content (AvgIpc) is 3.10. The second kappa shape index (κ2) is 8.55. The molecule has 4 aromatic rings. The maximum Gasteiger partial charge on any atom is 0.296 e. The topological polar surface area (TPSA) is 76.4 Å². The molecule has 4 rings (SSSR count). The molecule has 1 amide bonds. The molecule has 2 heterocycles. The van der Waals surface area contributed by atoms with Crippen molar-refractivity contribution in [2.45, 2.75) is 19.4 Å². The van der Waals surface area contributed by atoms with Gasteiger partial charge in [-0.05, 0) is 17.2 Å². The summed E-state index contributed by atoms with van der Waals surface area (Å²) in [5.41, 5.74) is 2.53. The summed E-state index contributed by atoms with van der Waals surface area (Å²) in [6, 6.07) is 17.0. The van der Waals surface area contributed by atoms with Crippen LogP contribution in [0.2, 0.25) is 5.02 Å². The lowest BCUT2D eigenvalue weighted by Gasteiger charge is -2.07. The van der Waals surface area contributed by atoms with Crippen LogP contribution in [-0.4, -0.2) is 20.5 Å². The number of thiazole rings is 1. The van der Waals surface area contributed by atoms with Gasteiger partial charge in [0.1, 0.15) is 5.69 Å². The fourth-order valence-corrected chi connectivity index (χ4v) is 3.94. The van der Waals surface area contributed by atoms with Crippen molar-refractivity contribution in [1.82, 2.24) is 19.9 Å². The predicted molar refractivity (Wildman–Crippen MR) is 113 cm³/mol. The van der Waals surface area contributed by atoms with Gasteiger partial charge in [0.15, 0.2) is 0 Å². The van der Waals surface area contributed by atoms with Gasteiger partial charge in [-0.15, -0.1) is 11.3 Å². The number of nitrogens with zero attached hydrogens (tertiary/aromatic N) is 3. The maximum atomic E-state index is 12.4. The van der Waals surface area contributed by atoms with Crippen LogP contribution in [0.25, 0.3) is 4.96 Å². The molecule has 0 saturated carbocycles. The number of amides is 1. The summed E-state index contributed by atoms with van der Waals surface area (Å²) in [6.45, 7) is 0.348. The molecule has 146 valence electrons. The number of nitrogens with one attached hydrogen (secondary N) is 1. The van der Waals surface area contributed by atoms with Crippen molar-refractivity contribution in [3.63, 3.8) is 0 Å². The molecule has 0 radical (unpaired) electrons. The number of aromatic nitrogens is 3. The SMILES string of the molecule is O=C(Cc1csc2nc(=O)c(Cc3ccccc3)nn12)NCc1ccccc1Cl. The summed E-state index contributed by atoms with van der Waals surface area (Å²) in [4.78, 5) is 29.3. The number of carbonyl (C=O) groups is 1. The lowest BCUT2D eigenvalue weighted by Crippen LogP contribution is -2.26. The Bertz CT molecular complexity index is 1220. The maximum absolute atomic E-state index is 12.4. The third-order valence-electron chi connectivity index (χ3n) is 4.41. The molecule has 6 nitrogen and oxygen atoms in total. The van der Waals surface area contributed by atoms with E-state index in [2.05, 4.69) is 15.4 Å². The first-order chi connectivity index (χ1) is 14.1. The van der Waals surface area contributed by atoms with Crippen molar-refractivity contribution in [1.29, 1.82) is 0 Å². The summed E-state index contributed by atoms with van der Waals surface area (Å²) in [5.74, 6) is -0.158. The van der Waals surface area contributed by atoms with Crippen LogP contribution in [0.4, 0.5) is 0 Å². The van der Waals surface area contributed by atoms with Crippen molar-refractivity contribution in [2.75, 3.05) is 0 Å². The van der Waals surface area contributed by atoms with E-state index in [1.54, 1.807) is 16.0 Å². The Kier molecular flexibility index (Phi) is 5.69. The highest BCUT2D eigenvalue weighted by atomic mass is 35.5. The summed E-state index contributed by atoms with van der Waals surface area (Å²) >= 11 is 7.42. The van der Waals surface area contributed by atoms with E-state index in [-0.39, 0.29) is 17.9 Å². The van der Waals surface area contributed by atoms with E-state index in [4.69, 9.17) is 11.6 Å². The van der Waals surface area contributed by atoms with Crippen LogP contribution in [0.15, 0.2) is 64.8 Å². The average molecular weight is 425 g/mol. The van der Waals surface area contributed by atoms with Crippen LogP contribution < -0.4 is 10.9 Å². The van der Waals surface area contributed by atoms with Gasteiger partial charge in [-0.2, -0.15) is 10.1 Å². The molecule has 29 heavy (non-hydrogen) atoms.